The highest BCUT2D eigenvalue weighted by molar-refractivity contribution is 6.09. The van der Waals surface area contributed by atoms with E-state index in [0.717, 1.165) is 0 Å². The fourth-order valence-electron chi connectivity index (χ4n) is 2.69. The van der Waals surface area contributed by atoms with E-state index in [4.69, 9.17) is 18.6 Å². The molecule has 6 heteroatoms. The van der Waals surface area contributed by atoms with E-state index in [0.29, 0.717) is 22.5 Å². The van der Waals surface area contributed by atoms with Gasteiger partial charge in [0.15, 0.2) is 0 Å². The summed E-state index contributed by atoms with van der Waals surface area (Å²) >= 11 is 0. The number of carbonyl (C=O) groups is 2. The topological polar surface area (TPSA) is 84.2 Å². The van der Waals surface area contributed by atoms with Crippen molar-refractivity contribution in [3.05, 3.63) is 89.0 Å². The van der Waals surface area contributed by atoms with Crippen molar-refractivity contribution in [1.82, 2.24) is 0 Å². The van der Waals surface area contributed by atoms with Gasteiger partial charge in [-0.25, -0.2) is 0 Å². The molecule has 2 amide bonds. The van der Waals surface area contributed by atoms with E-state index in [2.05, 4.69) is 22.5 Å². The van der Waals surface area contributed by atoms with Gasteiger partial charge in [0.1, 0.15) is 0 Å². The van der Waals surface area contributed by atoms with Crippen LogP contribution in [0.3, 0.4) is 0 Å². The average molecular weight is 416 g/mol. The van der Waals surface area contributed by atoms with Crippen LogP contribution in [0.15, 0.2) is 66.7 Å². The van der Waals surface area contributed by atoms with E-state index in [1.807, 2.05) is 0 Å². The second-order valence-electron chi connectivity index (χ2n) is 6.20. The minimum Gasteiger partial charge on any atom is -0.399 e. The van der Waals surface area contributed by atoms with Crippen LogP contribution in [0.25, 0.3) is 0 Å². The second-order valence-corrected chi connectivity index (χ2v) is 6.20. The average Bonchev–Trinajstić information content (AvgIpc) is 2.73. The highest BCUT2D eigenvalue weighted by Crippen LogP contribution is 2.18. The van der Waals surface area contributed by atoms with Crippen molar-refractivity contribution in [2.45, 2.75) is 0 Å². The largest absolute Gasteiger partial charge is 0.399 e. The maximum absolute atomic E-state index is 12.6. The molecule has 0 aliphatic carbocycles. The van der Waals surface area contributed by atoms with Gasteiger partial charge < -0.3 is 16.4 Å². The lowest BCUT2D eigenvalue weighted by atomic mass is 10.1. The molecule has 0 fully saturated rings. The van der Waals surface area contributed by atoms with Crippen molar-refractivity contribution in [3.63, 3.8) is 0 Å². The van der Waals surface area contributed by atoms with Gasteiger partial charge in [-0.05, 0) is 54.6 Å². The third kappa shape index (κ3) is 5.42. The van der Waals surface area contributed by atoms with Gasteiger partial charge in [-0.2, -0.15) is 0 Å². The highest BCUT2D eigenvalue weighted by Gasteiger charge is 2.13. The fraction of sp³-hybridized carbons (Fsp3) is 0. The molecule has 5 nitrogen and oxygen atoms in total. The predicted octanol–water partition coefficient (Wildman–Crippen LogP) is 4.16. The first-order valence-corrected chi connectivity index (χ1v) is 8.65. The van der Waals surface area contributed by atoms with Gasteiger partial charge in [0, 0.05) is 39.3 Å². The molecule has 0 aromatic heterocycles. The van der Waals surface area contributed by atoms with Crippen LogP contribution >= 0.6 is 12.4 Å². The number of halogens is 1. The molecule has 0 spiro atoms. The van der Waals surface area contributed by atoms with Crippen molar-refractivity contribution in [1.29, 1.82) is 0 Å². The van der Waals surface area contributed by atoms with Crippen LogP contribution in [0.2, 0.25) is 0 Å². The Hall–Kier alpha value is -4.19. The summed E-state index contributed by atoms with van der Waals surface area (Å²) in [5, 5.41) is 5.49. The monoisotopic (exact) mass is 415 g/mol. The van der Waals surface area contributed by atoms with Crippen molar-refractivity contribution >= 4 is 41.3 Å². The van der Waals surface area contributed by atoms with Crippen LogP contribution in [-0.4, -0.2) is 11.8 Å². The molecular weight excluding hydrogens is 398 g/mol. The molecule has 0 radical (unpaired) electrons. The Morgan fingerprint density at radius 3 is 1.57 bits per heavy atom. The van der Waals surface area contributed by atoms with Crippen LogP contribution in [0, 0.1) is 24.7 Å². The van der Waals surface area contributed by atoms with Crippen LogP contribution < -0.4 is 16.4 Å². The van der Waals surface area contributed by atoms with Crippen LogP contribution in [0.1, 0.15) is 31.8 Å². The highest BCUT2D eigenvalue weighted by atomic mass is 35.5. The lowest BCUT2D eigenvalue weighted by Gasteiger charge is -2.10. The molecule has 0 aliphatic heterocycles. The fourth-order valence-corrected chi connectivity index (χ4v) is 2.69. The van der Waals surface area contributed by atoms with Gasteiger partial charge in [0.2, 0.25) is 0 Å². The maximum Gasteiger partial charge on any atom is 0.255 e. The zero-order chi connectivity index (χ0) is 20.8. The Bertz CT molecular complexity index is 1100. The van der Waals surface area contributed by atoms with Crippen molar-refractivity contribution in [3.8, 4) is 24.7 Å². The van der Waals surface area contributed by atoms with E-state index in [9.17, 15) is 9.59 Å². The third-order valence-electron chi connectivity index (χ3n) is 4.05. The number of nitrogens with one attached hydrogen (secondary N) is 2. The number of benzene rings is 3. The molecular formula is C24H18ClN3O2. The van der Waals surface area contributed by atoms with E-state index in [1.165, 1.54) is 18.2 Å². The summed E-state index contributed by atoms with van der Waals surface area (Å²) in [6, 6.07) is 18.3. The summed E-state index contributed by atoms with van der Waals surface area (Å²) < 4.78 is 0. The number of hydrogen-bond donors (Lipinski definition) is 3. The number of carbonyl (C=O) groups excluding carboxylic acids is 2. The first-order valence-electron chi connectivity index (χ1n) is 8.65. The van der Waals surface area contributed by atoms with Crippen LogP contribution in [0.4, 0.5) is 17.1 Å². The van der Waals surface area contributed by atoms with Crippen molar-refractivity contribution < 1.29 is 9.59 Å². The number of amides is 2. The summed E-state index contributed by atoms with van der Waals surface area (Å²) in [6.45, 7) is 0. The molecule has 148 valence electrons. The maximum atomic E-state index is 12.6. The third-order valence-corrected chi connectivity index (χ3v) is 4.05. The number of rotatable bonds is 4. The zero-order valence-electron chi connectivity index (χ0n) is 15.8. The number of terminal acetylenes is 2. The van der Waals surface area contributed by atoms with E-state index in [1.54, 1.807) is 48.5 Å². The zero-order valence-corrected chi connectivity index (χ0v) is 16.6. The summed E-state index contributed by atoms with van der Waals surface area (Å²) in [7, 11) is 0. The minimum atomic E-state index is -0.408. The van der Waals surface area contributed by atoms with Gasteiger partial charge in [-0.1, -0.05) is 24.0 Å². The predicted molar refractivity (Wildman–Crippen MR) is 123 cm³/mol. The molecule has 4 N–H and O–H groups in total. The van der Waals surface area contributed by atoms with Gasteiger partial charge in [-0.3, -0.25) is 9.59 Å². The Labute approximate surface area is 181 Å². The van der Waals surface area contributed by atoms with Crippen LogP contribution in [0.5, 0.6) is 0 Å². The first-order chi connectivity index (χ1) is 14.0. The Kier molecular flexibility index (Phi) is 7.25. The number of nitrogens with two attached hydrogens (primary N) is 1. The van der Waals surface area contributed by atoms with Crippen molar-refractivity contribution in [2.75, 3.05) is 16.4 Å². The van der Waals surface area contributed by atoms with Gasteiger partial charge in [-0.15, -0.1) is 25.3 Å². The van der Waals surface area contributed by atoms with Gasteiger partial charge in [0.05, 0.1) is 0 Å². The molecule has 0 saturated heterocycles. The Morgan fingerprint density at radius 1 is 0.733 bits per heavy atom. The lowest BCUT2D eigenvalue weighted by molar-refractivity contribution is 0.102. The summed E-state index contributed by atoms with van der Waals surface area (Å²) in [4.78, 5) is 25.2. The number of hydrogen-bond acceptors (Lipinski definition) is 3. The quantitative estimate of drug-likeness (QED) is 0.442. The van der Waals surface area contributed by atoms with Gasteiger partial charge in [0.25, 0.3) is 11.8 Å². The summed E-state index contributed by atoms with van der Waals surface area (Å²) in [5.41, 5.74) is 9.07. The molecule has 3 aromatic carbocycles. The molecule has 0 bridgehead atoms. The van der Waals surface area contributed by atoms with E-state index < -0.39 is 11.8 Å². The van der Waals surface area contributed by atoms with Crippen molar-refractivity contribution in [2.24, 2.45) is 0 Å². The number of anilines is 3. The standard InChI is InChI=1S/C24H17N3O2.ClH/c1-3-16-7-5-9-21(11-16)26-23(28)18-13-19(15-20(25)14-18)24(29)27-22-10-6-8-17(4-2)12-22;/h1-2,5-15H,25H2,(H,26,28)(H,27,29);1H. The SMILES string of the molecule is C#Cc1cccc(NC(=O)c2cc(N)cc(C(=O)Nc3cccc(C#C)c3)c2)c1.Cl. The molecule has 0 heterocycles. The summed E-state index contributed by atoms with van der Waals surface area (Å²) in [5.74, 6) is 4.20. The van der Waals surface area contributed by atoms with Gasteiger partial charge >= 0.3 is 0 Å². The van der Waals surface area contributed by atoms with E-state index in [-0.39, 0.29) is 29.2 Å². The normalized spacial score (nSPS) is 9.40. The lowest BCUT2D eigenvalue weighted by Crippen LogP contribution is -2.16. The summed E-state index contributed by atoms with van der Waals surface area (Å²) in [6.07, 6.45) is 10.8. The van der Waals surface area contributed by atoms with Crippen LogP contribution in [-0.2, 0) is 0 Å². The molecule has 3 rings (SSSR count). The molecule has 0 unspecified atom stereocenters. The molecule has 0 atom stereocenters. The molecule has 0 aliphatic rings. The van der Waals surface area contributed by atoms with E-state index >= 15 is 0 Å². The molecule has 30 heavy (non-hydrogen) atoms. The smallest absolute Gasteiger partial charge is 0.255 e. The second kappa shape index (κ2) is 9.84. The minimum absolute atomic E-state index is 0. The molecule has 3 aromatic rings. The Balaban J connectivity index is 0.00000320. The Morgan fingerprint density at radius 2 is 1.17 bits per heavy atom. The molecule has 0 saturated carbocycles. The first kappa shape index (κ1) is 22.1. The number of nitrogen functional groups attached to an aromatic ring is 1.